The highest BCUT2D eigenvalue weighted by molar-refractivity contribution is 7.88. The van der Waals surface area contributed by atoms with Gasteiger partial charge in [-0.2, -0.15) is 5.26 Å². The molecule has 0 unspecified atom stereocenters. The Morgan fingerprint density at radius 1 is 1.38 bits per heavy atom. The SMILES string of the molecule is Cc1nc(CN(C)C)sc1-c1cc(NC2CCN(S(C)(=O)=O)CC2)ncc1C#N. The van der Waals surface area contributed by atoms with Crippen molar-refractivity contribution >= 4 is 27.2 Å². The van der Waals surface area contributed by atoms with Crippen molar-refractivity contribution in [2.24, 2.45) is 0 Å². The largest absolute Gasteiger partial charge is 0.367 e. The highest BCUT2D eigenvalue weighted by Crippen LogP contribution is 2.34. The van der Waals surface area contributed by atoms with Gasteiger partial charge in [0.2, 0.25) is 10.0 Å². The molecule has 2 aromatic rings. The standard InChI is InChI=1S/C19H26N6O2S2/c1-13-19(28-18(22-13)12-24(2)3)16-9-17(21-11-14(16)10-20)23-15-5-7-25(8-6-15)29(4,26)27/h9,11,15H,5-8,12H2,1-4H3,(H,21,23). The number of nitrogens with one attached hydrogen (secondary N) is 1. The Balaban J connectivity index is 1.80. The fourth-order valence-corrected chi connectivity index (χ4v) is 5.48. The number of pyridine rings is 1. The molecule has 10 heteroatoms. The first-order valence-electron chi connectivity index (χ1n) is 9.40. The zero-order valence-corrected chi connectivity index (χ0v) is 18.8. The number of nitriles is 1. The first kappa shape index (κ1) is 21.6. The smallest absolute Gasteiger partial charge is 0.211 e. The molecule has 2 aromatic heterocycles. The Labute approximate surface area is 176 Å². The number of anilines is 1. The first-order valence-corrected chi connectivity index (χ1v) is 12.1. The lowest BCUT2D eigenvalue weighted by atomic mass is 10.1. The van der Waals surface area contributed by atoms with Gasteiger partial charge in [0.15, 0.2) is 0 Å². The molecule has 29 heavy (non-hydrogen) atoms. The molecule has 0 saturated carbocycles. The van der Waals surface area contributed by atoms with Crippen LogP contribution in [0.1, 0.15) is 29.1 Å². The Hall–Kier alpha value is -2.06. The molecule has 1 aliphatic rings. The van der Waals surface area contributed by atoms with E-state index in [1.807, 2.05) is 27.1 Å². The summed E-state index contributed by atoms with van der Waals surface area (Å²) in [5, 5.41) is 14.0. The van der Waals surface area contributed by atoms with Crippen molar-refractivity contribution in [2.75, 3.05) is 38.8 Å². The lowest BCUT2D eigenvalue weighted by Gasteiger charge is -2.31. The molecule has 1 fully saturated rings. The molecular formula is C19H26N6O2S2. The molecule has 0 bridgehead atoms. The summed E-state index contributed by atoms with van der Waals surface area (Å²) in [6.45, 7) is 3.71. The minimum absolute atomic E-state index is 0.146. The molecule has 3 rings (SSSR count). The summed E-state index contributed by atoms with van der Waals surface area (Å²) in [6.07, 6.45) is 4.28. The number of hydrogen-bond donors (Lipinski definition) is 1. The van der Waals surface area contributed by atoms with Crippen molar-refractivity contribution < 1.29 is 8.42 Å². The van der Waals surface area contributed by atoms with Crippen LogP contribution in [0.25, 0.3) is 10.4 Å². The van der Waals surface area contributed by atoms with E-state index in [0.29, 0.717) is 24.5 Å². The number of rotatable bonds is 6. The number of hydrogen-bond acceptors (Lipinski definition) is 8. The van der Waals surface area contributed by atoms with E-state index in [4.69, 9.17) is 0 Å². The molecule has 0 aliphatic carbocycles. The molecular weight excluding hydrogens is 408 g/mol. The third-order valence-electron chi connectivity index (χ3n) is 4.84. The lowest BCUT2D eigenvalue weighted by molar-refractivity contribution is 0.331. The Kier molecular flexibility index (Phi) is 6.53. The van der Waals surface area contributed by atoms with Crippen molar-refractivity contribution in [1.82, 2.24) is 19.2 Å². The van der Waals surface area contributed by atoms with Gasteiger partial charge >= 0.3 is 0 Å². The van der Waals surface area contributed by atoms with Gasteiger partial charge in [-0.3, -0.25) is 0 Å². The Morgan fingerprint density at radius 3 is 2.66 bits per heavy atom. The van der Waals surface area contributed by atoms with E-state index in [0.717, 1.165) is 40.5 Å². The third-order valence-corrected chi connectivity index (χ3v) is 7.32. The highest BCUT2D eigenvalue weighted by Gasteiger charge is 2.25. The molecule has 0 aromatic carbocycles. The third kappa shape index (κ3) is 5.30. The van der Waals surface area contributed by atoms with Crippen LogP contribution in [0, 0.1) is 18.3 Å². The van der Waals surface area contributed by atoms with Crippen LogP contribution in [0.4, 0.5) is 5.82 Å². The number of thiazole rings is 1. The summed E-state index contributed by atoms with van der Waals surface area (Å²) in [4.78, 5) is 12.1. The molecule has 0 amide bonds. The molecule has 0 spiro atoms. The van der Waals surface area contributed by atoms with Crippen LogP contribution in [0.3, 0.4) is 0 Å². The predicted octanol–water partition coefficient (Wildman–Crippen LogP) is 2.28. The topological polar surface area (TPSA) is 102 Å². The second-order valence-electron chi connectivity index (χ2n) is 7.57. The Morgan fingerprint density at radius 2 is 2.07 bits per heavy atom. The van der Waals surface area contributed by atoms with Gasteiger partial charge in [0.25, 0.3) is 0 Å². The van der Waals surface area contributed by atoms with Crippen molar-refractivity contribution in [2.45, 2.75) is 32.4 Å². The van der Waals surface area contributed by atoms with E-state index in [1.165, 1.54) is 10.6 Å². The summed E-state index contributed by atoms with van der Waals surface area (Å²) in [5.41, 5.74) is 2.26. The maximum absolute atomic E-state index is 11.7. The molecule has 1 N–H and O–H groups in total. The maximum atomic E-state index is 11.7. The van der Waals surface area contributed by atoms with Gasteiger partial charge in [-0.15, -0.1) is 11.3 Å². The zero-order chi connectivity index (χ0) is 21.2. The quantitative estimate of drug-likeness (QED) is 0.744. The fourth-order valence-electron chi connectivity index (χ4n) is 3.39. The second kappa shape index (κ2) is 8.75. The van der Waals surface area contributed by atoms with Crippen LogP contribution in [-0.4, -0.2) is 67.1 Å². The normalized spacial score (nSPS) is 16.1. The van der Waals surface area contributed by atoms with Gasteiger partial charge in [0, 0.05) is 37.4 Å². The molecule has 3 heterocycles. The van der Waals surface area contributed by atoms with E-state index in [2.05, 4.69) is 26.3 Å². The van der Waals surface area contributed by atoms with E-state index in [-0.39, 0.29) is 6.04 Å². The van der Waals surface area contributed by atoms with Crippen LogP contribution in [-0.2, 0) is 16.6 Å². The fraction of sp³-hybridized carbons (Fsp3) is 0.526. The zero-order valence-electron chi connectivity index (χ0n) is 17.1. The number of nitrogens with zero attached hydrogens (tertiary/aromatic N) is 5. The summed E-state index contributed by atoms with van der Waals surface area (Å²) >= 11 is 1.60. The predicted molar refractivity (Wildman–Crippen MR) is 115 cm³/mol. The van der Waals surface area contributed by atoms with E-state index in [1.54, 1.807) is 17.5 Å². The van der Waals surface area contributed by atoms with Crippen molar-refractivity contribution in [3.63, 3.8) is 0 Å². The average molecular weight is 435 g/mol. The monoisotopic (exact) mass is 434 g/mol. The van der Waals surface area contributed by atoms with Crippen LogP contribution in [0.15, 0.2) is 12.3 Å². The molecule has 1 saturated heterocycles. The van der Waals surface area contributed by atoms with Gasteiger partial charge in [-0.1, -0.05) is 0 Å². The first-order chi connectivity index (χ1) is 13.7. The van der Waals surface area contributed by atoms with Gasteiger partial charge in [-0.05, 0) is 39.9 Å². The van der Waals surface area contributed by atoms with Crippen LogP contribution in [0.5, 0.6) is 0 Å². The molecule has 0 radical (unpaired) electrons. The summed E-state index contributed by atoms with van der Waals surface area (Å²) < 4.78 is 24.9. The number of piperidine rings is 1. The average Bonchev–Trinajstić information content (AvgIpc) is 3.00. The summed E-state index contributed by atoms with van der Waals surface area (Å²) in [6, 6.07) is 4.28. The molecule has 156 valence electrons. The van der Waals surface area contributed by atoms with Gasteiger partial charge in [-0.25, -0.2) is 22.7 Å². The minimum atomic E-state index is -3.14. The molecule has 0 atom stereocenters. The number of aryl methyl sites for hydroxylation is 1. The van der Waals surface area contributed by atoms with Crippen LogP contribution < -0.4 is 5.32 Å². The van der Waals surface area contributed by atoms with E-state index >= 15 is 0 Å². The number of aromatic nitrogens is 2. The van der Waals surface area contributed by atoms with Crippen LogP contribution >= 0.6 is 11.3 Å². The molecule has 8 nitrogen and oxygen atoms in total. The van der Waals surface area contributed by atoms with Gasteiger partial charge in [0.05, 0.1) is 22.4 Å². The van der Waals surface area contributed by atoms with Crippen molar-refractivity contribution in [3.05, 3.63) is 28.5 Å². The van der Waals surface area contributed by atoms with E-state index in [9.17, 15) is 13.7 Å². The van der Waals surface area contributed by atoms with E-state index < -0.39 is 10.0 Å². The van der Waals surface area contributed by atoms with Gasteiger partial charge in [0.1, 0.15) is 16.9 Å². The number of sulfonamides is 1. The summed E-state index contributed by atoms with van der Waals surface area (Å²) in [5.74, 6) is 0.693. The second-order valence-corrected chi connectivity index (χ2v) is 10.6. The lowest BCUT2D eigenvalue weighted by Crippen LogP contribution is -2.41. The summed E-state index contributed by atoms with van der Waals surface area (Å²) in [7, 11) is 0.861. The van der Waals surface area contributed by atoms with Crippen molar-refractivity contribution in [3.8, 4) is 16.5 Å². The van der Waals surface area contributed by atoms with Crippen LogP contribution in [0.2, 0.25) is 0 Å². The minimum Gasteiger partial charge on any atom is -0.367 e. The Bertz CT molecular complexity index is 1020. The molecule has 1 aliphatic heterocycles. The maximum Gasteiger partial charge on any atom is 0.211 e. The highest BCUT2D eigenvalue weighted by atomic mass is 32.2. The van der Waals surface area contributed by atoms with Crippen molar-refractivity contribution in [1.29, 1.82) is 5.26 Å². The van der Waals surface area contributed by atoms with Gasteiger partial charge < -0.3 is 10.2 Å².